The Morgan fingerprint density at radius 3 is 2.42 bits per heavy atom. The number of rotatable bonds is 8. The molecule has 5 heterocycles. The monoisotopic (exact) mass is 713 g/mol. The highest BCUT2D eigenvalue weighted by molar-refractivity contribution is 9.10. The topological polar surface area (TPSA) is 129 Å². The van der Waals surface area contributed by atoms with Crippen molar-refractivity contribution in [2.24, 2.45) is 5.41 Å². The number of aryl methyl sites for hydroxylation is 3. The first-order valence-corrected chi connectivity index (χ1v) is 17.2. The van der Waals surface area contributed by atoms with Gasteiger partial charge in [0, 0.05) is 74.4 Å². The summed E-state index contributed by atoms with van der Waals surface area (Å²) >= 11 is 3.41. The van der Waals surface area contributed by atoms with E-state index in [1.54, 1.807) is 22.0 Å². The van der Waals surface area contributed by atoms with E-state index in [0.717, 1.165) is 66.9 Å². The number of halogens is 1. The Bertz CT molecular complexity index is 1940. The van der Waals surface area contributed by atoms with Crippen LogP contribution in [0.5, 0.6) is 0 Å². The minimum absolute atomic E-state index is 0.0414. The predicted octanol–water partition coefficient (Wildman–Crippen LogP) is 4.02. The minimum atomic E-state index is -0.646. The van der Waals surface area contributed by atoms with Gasteiger partial charge in [-0.15, -0.1) is 0 Å². The number of hydrogen-bond donors (Lipinski definition) is 1. The molecule has 1 aromatic carbocycles. The van der Waals surface area contributed by atoms with Gasteiger partial charge in [-0.1, -0.05) is 6.07 Å². The summed E-state index contributed by atoms with van der Waals surface area (Å²) in [5.74, 6) is 0.536. The molecule has 0 spiro atoms. The van der Waals surface area contributed by atoms with E-state index in [1.807, 2.05) is 45.0 Å². The number of carbonyl (C=O) groups is 3. The van der Waals surface area contributed by atoms with Gasteiger partial charge < -0.3 is 20.0 Å². The number of hydrogen-bond acceptors (Lipinski definition) is 9. The highest BCUT2D eigenvalue weighted by Crippen LogP contribution is 2.60. The Balaban J connectivity index is 1.20. The first-order valence-electron chi connectivity index (χ1n) is 16.4. The van der Waals surface area contributed by atoms with Crippen LogP contribution in [0.1, 0.15) is 47.2 Å². The molecule has 48 heavy (non-hydrogen) atoms. The second-order valence-corrected chi connectivity index (χ2v) is 14.6. The molecule has 1 saturated carbocycles. The van der Waals surface area contributed by atoms with Gasteiger partial charge in [0.2, 0.25) is 11.8 Å². The summed E-state index contributed by atoms with van der Waals surface area (Å²) in [6, 6.07) is 6.96. The van der Waals surface area contributed by atoms with Crippen molar-refractivity contribution < 1.29 is 14.4 Å². The van der Waals surface area contributed by atoms with Crippen LogP contribution >= 0.6 is 15.9 Å². The molecule has 12 nitrogen and oxygen atoms in total. The lowest BCUT2D eigenvalue weighted by Crippen LogP contribution is -2.47. The van der Waals surface area contributed by atoms with Crippen LogP contribution in [-0.4, -0.2) is 109 Å². The third-order valence-electron chi connectivity index (χ3n) is 10.2. The van der Waals surface area contributed by atoms with E-state index in [-0.39, 0.29) is 35.6 Å². The second kappa shape index (κ2) is 12.4. The number of nitrogens with zero attached hydrogens (tertiary/aromatic N) is 8. The molecular weight excluding hydrogens is 674 g/mol. The number of anilines is 1. The fourth-order valence-corrected chi connectivity index (χ4v) is 7.85. The van der Waals surface area contributed by atoms with Gasteiger partial charge in [0.05, 0.1) is 5.52 Å². The summed E-state index contributed by atoms with van der Waals surface area (Å²) in [4.78, 5) is 61.0. The summed E-state index contributed by atoms with van der Waals surface area (Å²) in [6.45, 7) is 11.9. The number of likely N-dealkylation sites (tertiary alicyclic amines) is 1. The average molecular weight is 715 g/mol. The van der Waals surface area contributed by atoms with Crippen LogP contribution in [-0.2, 0) is 16.1 Å². The van der Waals surface area contributed by atoms with Crippen LogP contribution in [0.3, 0.4) is 0 Å². The number of nitrogens with one attached hydrogen (secondary N) is 1. The summed E-state index contributed by atoms with van der Waals surface area (Å²) in [5, 5.41) is 8.38. The summed E-state index contributed by atoms with van der Waals surface area (Å²) in [6.07, 6.45) is 4.98. The SMILES string of the molecule is CC(=O)c1nn(CC(=O)N2C3C[C@]3(CN3CCN(C)CC3)C[C@H]2C(=O)Nc2nc(Br)ccc2C)c2c(C)cc(-c3cnc(C)nc3)cc12. The molecule has 2 amide bonds. The number of benzene rings is 1. The zero-order valence-corrected chi connectivity index (χ0v) is 29.5. The third kappa shape index (κ3) is 6.03. The fourth-order valence-electron chi connectivity index (χ4n) is 7.54. The van der Waals surface area contributed by atoms with Crippen molar-refractivity contribution in [3.8, 4) is 11.1 Å². The molecule has 2 saturated heterocycles. The molecule has 1 unspecified atom stereocenters. The molecule has 250 valence electrons. The minimum Gasteiger partial charge on any atom is -0.325 e. The number of piperidine rings is 1. The number of pyridine rings is 1. The maximum atomic E-state index is 14.4. The zero-order valence-electron chi connectivity index (χ0n) is 28.0. The van der Waals surface area contributed by atoms with E-state index in [2.05, 4.69) is 58.1 Å². The van der Waals surface area contributed by atoms with Crippen molar-refractivity contribution >= 4 is 50.2 Å². The molecule has 3 fully saturated rings. The number of Topliss-reactive ketones (excluding diaryl/α,β-unsaturated/α-hetero) is 1. The van der Waals surface area contributed by atoms with Crippen molar-refractivity contribution in [2.75, 3.05) is 45.1 Å². The van der Waals surface area contributed by atoms with Gasteiger partial charge >= 0.3 is 0 Å². The Morgan fingerprint density at radius 1 is 0.979 bits per heavy atom. The molecular formula is C35H40BrN9O3. The molecule has 3 aliphatic rings. The highest BCUT2D eigenvalue weighted by Gasteiger charge is 2.67. The number of likely N-dealkylation sites (N-methyl/N-ethyl adjacent to an activating group) is 1. The second-order valence-electron chi connectivity index (χ2n) is 13.7. The number of fused-ring (bicyclic) bond motifs is 2. The third-order valence-corrected chi connectivity index (χ3v) is 10.7. The molecule has 0 radical (unpaired) electrons. The quantitative estimate of drug-likeness (QED) is 0.213. The van der Waals surface area contributed by atoms with Gasteiger partial charge in [-0.3, -0.25) is 19.1 Å². The summed E-state index contributed by atoms with van der Waals surface area (Å²) in [7, 11) is 2.14. The Hall–Kier alpha value is -4.07. The Labute approximate surface area is 288 Å². The van der Waals surface area contributed by atoms with Gasteiger partial charge in [-0.2, -0.15) is 5.10 Å². The molecule has 7 rings (SSSR count). The largest absolute Gasteiger partial charge is 0.325 e. The maximum Gasteiger partial charge on any atom is 0.248 e. The molecule has 0 bridgehead atoms. The zero-order chi connectivity index (χ0) is 33.9. The molecule has 2 aliphatic heterocycles. The van der Waals surface area contributed by atoms with Crippen LogP contribution in [0.25, 0.3) is 22.0 Å². The lowest BCUT2D eigenvalue weighted by Gasteiger charge is -2.34. The summed E-state index contributed by atoms with van der Waals surface area (Å²) < 4.78 is 2.26. The first-order chi connectivity index (χ1) is 22.9. The summed E-state index contributed by atoms with van der Waals surface area (Å²) in [5.41, 5.74) is 4.30. The van der Waals surface area contributed by atoms with Crippen molar-refractivity contribution in [3.05, 3.63) is 63.9 Å². The van der Waals surface area contributed by atoms with E-state index >= 15 is 0 Å². The highest BCUT2D eigenvalue weighted by atomic mass is 79.9. The van der Waals surface area contributed by atoms with Gasteiger partial charge in [-0.05, 0) is 91.5 Å². The van der Waals surface area contributed by atoms with E-state index in [0.29, 0.717) is 33.7 Å². The number of piperazine rings is 1. The molecule has 13 heteroatoms. The van der Waals surface area contributed by atoms with Gasteiger partial charge in [0.1, 0.15) is 34.5 Å². The van der Waals surface area contributed by atoms with Crippen LogP contribution in [0.4, 0.5) is 5.82 Å². The standard InChI is InChI=1S/C35H40BrN9O3/c1-20-6-7-29(36)39-33(20)40-34(48)27-14-35(19-43-10-8-42(5)9-11-43)15-28(35)45(27)30(47)18-44-32-21(2)12-24(25-16-37-23(4)38-17-25)13-26(32)31(41-44)22(3)46/h6-7,12-13,16-17,27-28H,8-11,14-15,18-19H2,1-5H3,(H,39,40,48)/t27-,28?,35-/m0/s1. The molecule has 4 aromatic rings. The molecule has 1 aliphatic carbocycles. The lowest BCUT2D eigenvalue weighted by molar-refractivity contribution is -0.138. The van der Waals surface area contributed by atoms with Gasteiger partial charge in [0.25, 0.3) is 0 Å². The van der Waals surface area contributed by atoms with Crippen LogP contribution in [0.15, 0.2) is 41.3 Å². The van der Waals surface area contributed by atoms with Crippen molar-refractivity contribution in [1.29, 1.82) is 0 Å². The molecule has 3 aromatic heterocycles. The predicted molar refractivity (Wildman–Crippen MR) is 186 cm³/mol. The van der Waals surface area contributed by atoms with Crippen molar-refractivity contribution in [1.82, 2.24) is 39.4 Å². The van der Waals surface area contributed by atoms with Crippen molar-refractivity contribution in [2.45, 2.75) is 59.2 Å². The molecule has 3 atom stereocenters. The first kappa shape index (κ1) is 32.5. The van der Waals surface area contributed by atoms with E-state index in [9.17, 15) is 14.4 Å². The Morgan fingerprint density at radius 2 is 1.71 bits per heavy atom. The normalized spacial score (nSPS) is 22.6. The number of amides is 2. The fraction of sp³-hybridized carbons (Fsp3) is 0.457. The van der Waals surface area contributed by atoms with E-state index < -0.39 is 6.04 Å². The van der Waals surface area contributed by atoms with Crippen LogP contribution < -0.4 is 5.32 Å². The van der Waals surface area contributed by atoms with E-state index in [1.165, 1.54) is 6.92 Å². The van der Waals surface area contributed by atoms with Crippen LogP contribution in [0, 0.1) is 26.2 Å². The smallest absolute Gasteiger partial charge is 0.248 e. The van der Waals surface area contributed by atoms with Crippen LogP contribution in [0.2, 0.25) is 0 Å². The Kier molecular flexibility index (Phi) is 8.41. The lowest BCUT2D eigenvalue weighted by atomic mass is 9.98. The number of carbonyl (C=O) groups excluding carboxylic acids is 3. The number of aromatic nitrogens is 5. The number of ketones is 1. The maximum absolute atomic E-state index is 14.4. The van der Waals surface area contributed by atoms with Crippen molar-refractivity contribution in [3.63, 3.8) is 0 Å². The van der Waals surface area contributed by atoms with Gasteiger partial charge in [-0.25, -0.2) is 15.0 Å². The average Bonchev–Trinajstić information content (AvgIpc) is 3.43. The molecule has 1 N–H and O–H groups in total. The van der Waals surface area contributed by atoms with Gasteiger partial charge in [0.15, 0.2) is 5.78 Å². The van der Waals surface area contributed by atoms with E-state index in [4.69, 9.17) is 0 Å².